The van der Waals surface area contributed by atoms with Crippen molar-refractivity contribution in [2.24, 2.45) is 5.92 Å². The van der Waals surface area contributed by atoms with Gasteiger partial charge < -0.3 is 4.90 Å². The van der Waals surface area contributed by atoms with Crippen LogP contribution in [0.2, 0.25) is 0 Å². The molecule has 1 amide bonds. The predicted octanol–water partition coefficient (Wildman–Crippen LogP) is 4.85. The van der Waals surface area contributed by atoms with Crippen molar-refractivity contribution in [1.82, 2.24) is 9.88 Å². The van der Waals surface area contributed by atoms with Gasteiger partial charge in [0.05, 0.1) is 6.20 Å². The number of thiazole rings is 1. The lowest BCUT2D eigenvalue weighted by molar-refractivity contribution is 0.0764. The van der Waals surface area contributed by atoms with Crippen LogP contribution in [0.5, 0.6) is 0 Å². The fraction of sp³-hybridized carbons (Fsp3) is 0.474. The fourth-order valence-corrected chi connectivity index (χ4v) is 4.20. The number of hydrogen-bond donors (Lipinski definition) is 0. The lowest BCUT2D eigenvalue weighted by Gasteiger charge is -2.19. The number of carbonyl (C=O) groups excluding carboxylic acids is 1. The molecule has 0 saturated carbocycles. The molecule has 23 heavy (non-hydrogen) atoms. The maximum absolute atomic E-state index is 12.8. The minimum Gasteiger partial charge on any atom is -0.338 e. The average Bonchev–Trinajstić information content (AvgIpc) is 2.96. The molecule has 3 rings (SSSR count). The summed E-state index contributed by atoms with van der Waals surface area (Å²) in [7, 11) is 0. The largest absolute Gasteiger partial charge is 0.338 e. The molecule has 0 N–H and O–H groups in total. The quantitative estimate of drug-likeness (QED) is 0.803. The van der Waals surface area contributed by atoms with Crippen LogP contribution >= 0.6 is 11.3 Å². The van der Waals surface area contributed by atoms with Crippen molar-refractivity contribution >= 4 is 17.2 Å². The van der Waals surface area contributed by atoms with Crippen molar-refractivity contribution in [2.45, 2.75) is 39.0 Å². The van der Waals surface area contributed by atoms with Crippen LogP contribution in [0, 0.1) is 5.92 Å². The van der Waals surface area contributed by atoms with E-state index in [4.69, 9.17) is 0 Å². The van der Waals surface area contributed by atoms with Crippen LogP contribution in [-0.2, 0) is 0 Å². The van der Waals surface area contributed by atoms with Crippen LogP contribution < -0.4 is 0 Å². The summed E-state index contributed by atoms with van der Waals surface area (Å²) in [4.78, 5) is 20.0. The molecule has 1 unspecified atom stereocenters. The van der Waals surface area contributed by atoms with Gasteiger partial charge in [0.1, 0.15) is 9.88 Å². The highest BCUT2D eigenvalue weighted by Crippen LogP contribution is 2.27. The molecule has 1 aromatic heterocycles. The third kappa shape index (κ3) is 3.99. The molecule has 0 bridgehead atoms. The Morgan fingerprint density at radius 3 is 2.87 bits per heavy atom. The topological polar surface area (TPSA) is 33.2 Å². The summed E-state index contributed by atoms with van der Waals surface area (Å²) in [6.45, 7) is 4.02. The first-order chi connectivity index (χ1) is 11.3. The number of rotatable bonds is 4. The summed E-state index contributed by atoms with van der Waals surface area (Å²) in [5, 5.41) is 0.924. The summed E-state index contributed by atoms with van der Waals surface area (Å²) in [6.07, 6.45) is 7.80. The SMILES string of the molecule is CCCC1CCCN(C(=O)c2cnc(-c3ccccc3)s2)CC1. The Bertz CT molecular complexity index is 638. The van der Waals surface area contributed by atoms with E-state index in [2.05, 4.69) is 11.9 Å². The van der Waals surface area contributed by atoms with Crippen molar-refractivity contribution in [3.05, 3.63) is 41.4 Å². The molecule has 0 aliphatic carbocycles. The summed E-state index contributed by atoms with van der Waals surface area (Å²) < 4.78 is 0. The smallest absolute Gasteiger partial charge is 0.265 e. The number of carbonyl (C=O) groups is 1. The van der Waals surface area contributed by atoms with Gasteiger partial charge in [-0.1, -0.05) is 50.1 Å². The highest BCUT2D eigenvalue weighted by molar-refractivity contribution is 7.16. The van der Waals surface area contributed by atoms with Crippen molar-refractivity contribution in [3.8, 4) is 10.6 Å². The molecule has 122 valence electrons. The zero-order valence-corrected chi connectivity index (χ0v) is 14.5. The molecular formula is C19H24N2OS. The van der Waals surface area contributed by atoms with Crippen molar-refractivity contribution in [1.29, 1.82) is 0 Å². The van der Waals surface area contributed by atoms with Gasteiger partial charge >= 0.3 is 0 Å². The third-order valence-electron chi connectivity index (χ3n) is 4.57. The van der Waals surface area contributed by atoms with E-state index >= 15 is 0 Å². The van der Waals surface area contributed by atoms with Gasteiger partial charge in [-0.05, 0) is 25.2 Å². The first-order valence-corrected chi connectivity index (χ1v) is 9.40. The first-order valence-electron chi connectivity index (χ1n) is 8.58. The average molecular weight is 328 g/mol. The predicted molar refractivity (Wildman–Crippen MR) is 95.7 cm³/mol. The second-order valence-electron chi connectivity index (χ2n) is 6.27. The fourth-order valence-electron chi connectivity index (χ4n) is 3.31. The van der Waals surface area contributed by atoms with Crippen LogP contribution in [0.15, 0.2) is 36.5 Å². The van der Waals surface area contributed by atoms with Crippen LogP contribution in [0.1, 0.15) is 48.7 Å². The molecule has 1 aliphatic rings. The van der Waals surface area contributed by atoms with Gasteiger partial charge in [-0.15, -0.1) is 11.3 Å². The number of amides is 1. The first kappa shape index (κ1) is 16.2. The maximum atomic E-state index is 12.8. The van der Waals surface area contributed by atoms with Crippen LogP contribution in [0.4, 0.5) is 0 Å². The van der Waals surface area contributed by atoms with E-state index in [1.165, 1.54) is 30.6 Å². The Hall–Kier alpha value is -1.68. The Morgan fingerprint density at radius 1 is 1.26 bits per heavy atom. The Morgan fingerprint density at radius 2 is 2.09 bits per heavy atom. The number of benzene rings is 1. The van der Waals surface area contributed by atoms with Gasteiger partial charge in [0, 0.05) is 18.7 Å². The lowest BCUT2D eigenvalue weighted by atomic mass is 9.96. The molecule has 4 heteroatoms. The van der Waals surface area contributed by atoms with Gasteiger partial charge in [0.25, 0.3) is 5.91 Å². The number of likely N-dealkylation sites (tertiary alicyclic amines) is 1. The molecule has 3 nitrogen and oxygen atoms in total. The van der Waals surface area contributed by atoms with Crippen LogP contribution in [-0.4, -0.2) is 28.9 Å². The molecule has 2 heterocycles. The zero-order chi connectivity index (χ0) is 16.1. The highest BCUT2D eigenvalue weighted by atomic mass is 32.1. The summed E-state index contributed by atoms with van der Waals surface area (Å²) in [5.74, 6) is 0.945. The van der Waals surface area contributed by atoms with Crippen LogP contribution in [0.3, 0.4) is 0 Å². The van der Waals surface area contributed by atoms with E-state index in [1.54, 1.807) is 6.20 Å². The summed E-state index contributed by atoms with van der Waals surface area (Å²) in [5.41, 5.74) is 1.08. The van der Waals surface area contributed by atoms with Crippen LogP contribution in [0.25, 0.3) is 10.6 Å². The van der Waals surface area contributed by atoms with Crippen molar-refractivity contribution in [3.63, 3.8) is 0 Å². The standard InChI is InChI=1S/C19H24N2OS/c1-2-7-15-8-6-12-21(13-11-15)19(22)17-14-20-18(23-17)16-9-4-3-5-10-16/h3-5,9-10,14-15H,2,6-8,11-13H2,1H3. The second-order valence-corrected chi connectivity index (χ2v) is 7.30. The third-order valence-corrected chi connectivity index (χ3v) is 5.60. The molecule has 0 spiro atoms. The summed E-state index contributed by atoms with van der Waals surface area (Å²) in [6, 6.07) is 10.1. The molecule has 1 atom stereocenters. The second kappa shape index (κ2) is 7.73. The van der Waals surface area contributed by atoms with Gasteiger partial charge in [-0.25, -0.2) is 4.98 Å². The van der Waals surface area contributed by atoms with E-state index < -0.39 is 0 Å². The van der Waals surface area contributed by atoms with Gasteiger partial charge in [-0.2, -0.15) is 0 Å². The Kier molecular flexibility index (Phi) is 5.44. The number of nitrogens with zero attached hydrogens (tertiary/aromatic N) is 2. The van der Waals surface area contributed by atoms with E-state index in [-0.39, 0.29) is 5.91 Å². The van der Waals surface area contributed by atoms with Gasteiger partial charge in [0.15, 0.2) is 0 Å². The molecule has 1 saturated heterocycles. The molecule has 1 aliphatic heterocycles. The lowest BCUT2D eigenvalue weighted by Crippen LogP contribution is -2.31. The molecular weight excluding hydrogens is 304 g/mol. The normalized spacial score (nSPS) is 18.7. The number of aromatic nitrogens is 1. The molecule has 1 fully saturated rings. The van der Waals surface area contributed by atoms with Gasteiger partial charge in [-0.3, -0.25) is 4.79 Å². The van der Waals surface area contributed by atoms with Gasteiger partial charge in [0.2, 0.25) is 0 Å². The Balaban J connectivity index is 1.68. The number of hydrogen-bond acceptors (Lipinski definition) is 3. The minimum absolute atomic E-state index is 0.154. The molecule has 2 aromatic rings. The molecule has 1 aromatic carbocycles. The monoisotopic (exact) mass is 328 g/mol. The van der Waals surface area contributed by atoms with E-state index in [0.717, 1.165) is 47.3 Å². The van der Waals surface area contributed by atoms with Crippen molar-refractivity contribution in [2.75, 3.05) is 13.1 Å². The molecule has 0 radical (unpaired) electrons. The maximum Gasteiger partial charge on any atom is 0.265 e. The highest BCUT2D eigenvalue weighted by Gasteiger charge is 2.22. The Labute approximate surface area is 142 Å². The zero-order valence-electron chi connectivity index (χ0n) is 13.7. The van der Waals surface area contributed by atoms with E-state index in [1.807, 2.05) is 35.2 Å². The van der Waals surface area contributed by atoms with E-state index in [0.29, 0.717) is 0 Å². The van der Waals surface area contributed by atoms with Crippen molar-refractivity contribution < 1.29 is 4.79 Å². The summed E-state index contributed by atoms with van der Waals surface area (Å²) >= 11 is 1.50. The minimum atomic E-state index is 0.154. The van der Waals surface area contributed by atoms with E-state index in [9.17, 15) is 4.79 Å².